The molecule has 7 nitrogen and oxygen atoms in total. The predicted molar refractivity (Wildman–Crippen MR) is 90.6 cm³/mol. The normalized spacial score (nSPS) is 30.5. The molecule has 1 aromatic heterocycles. The summed E-state index contributed by atoms with van der Waals surface area (Å²) in [6.07, 6.45) is 5.14. The summed E-state index contributed by atoms with van der Waals surface area (Å²) in [7, 11) is 3.31. The van der Waals surface area contributed by atoms with Gasteiger partial charge in [-0.05, 0) is 41.6 Å². The van der Waals surface area contributed by atoms with Crippen molar-refractivity contribution in [2.24, 2.45) is 7.05 Å². The third-order valence-electron chi connectivity index (χ3n) is 5.05. The molecule has 2 fully saturated rings. The van der Waals surface area contributed by atoms with Crippen LogP contribution >= 0.6 is 15.9 Å². The molecule has 0 amide bonds. The number of hydrogen-bond donors (Lipinski definition) is 1. The zero-order valence-electron chi connectivity index (χ0n) is 14.1. The van der Waals surface area contributed by atoms with E-state index in [-0.39, 0.29) is 18.2 Å². The number of nitrogens with one attached hydrogen (secondary N) is 1. The standard InChI is InChI=1S/C16H24BrN3O4/c1-20-9-12(17)19-14(20)16(24-10-13(21)22-2)5-3-15(4-6-16)11-18-7-8-23-15/h9,18H,3-8,10-11H2,1-2H3. The zero-order valence-corrected chi connectivity index (χ0v) is 15.7. The van der Waals surface area contributed by atoms with Crippen LogP contribution in [0.2, 0.25) is 0 Å². The highest BCUT2D eigenvalue weighted by Gasteiger charge is 2.48. The number of methoxy groups -OCH3 is 1. The first-order chi connectivity index (χ1) is 11.5. The number of carbonyl (C=O) groups is 1. The van der Waals surface area contributed by atoms with Crippen molar-refractivity contribution in [2.75, 3.05) is 33.4 Å². The van der Waals surface area contributed by atoms with E-state index in [1.54, 1.807) is 0 Å². The number of imidazole rings is 1. The maximum atomic E-state index is 11.6. The number of ether oxygens (including phenoxy) is 3. The number of rotatable bonds is 4. The van der Waals surface area contributed by atoms with Gasteiger partial charge in [0.2, 0.25) is 0 Å². The molecular formula is C16H24BrN3O4. The Balaban J connectivity index is 1.81. The third kappa shape index (κ3) is 3.51. The number of nitrogens with zero attached hydrogens (tertiary/aromatic N) is 2. The Morgan fingerprint density at radius 3 is 2.75 bits per heavy atom. The van der Waals surface area contributed by atoms with Crippen LogP contribution in [0.25, 0.3) is 0 Å². The quantitative estimate of drug-likeness (QED) is 0.770. The van der Waals surface area contributed by atoms with E-state index >= 15 is 0 Å². The van der Waals surface area contributed by atoms with Crippen molar-refractivity contribution in [3.05, 3.63) is 16.6 Å². The van der Waals surface area contributed by atoms with Gasteiger partial charge in [-0.15, -0.1) is 0 Å². The Bertz CT molecular complexity index is 588. The van der Waals surface area contributed by atoms with E-state index < -0.39 is 5.60 Å². The van der Waals surface area contributed by atoms with Crippen molar-refractivity contribution in [3.8, 4) is 0 Å². The number of morpholine rings is 1. The molecule has 0 radical (unpaired) electrons. The van der Waals surface area contributed by atoms with Crippen LogP contribution in [-0.4, -0.2) is 54.5 Å². The Hall–Kier alpha value is -0.960. The summed E-state index contributed by atoms with van der Waals surface area (Å²) in [4.78, 5) is 16.2. The van der Waals surface area contributed by atoms with Gasteiger partial charge in [0.05, 0.1) is 19.3 Å². The molecular weight excluding hydrogens is 378 g/mol. The van der Waals surface area contributed by atoms with Gasteiger partial charge in [-0.1, -0.05) is 0 Å². The molecule has 24 heavy (non-hydrogen) atoms. The summed E-state index contributed by atoms with van der Waals surface area (Å²) in [6.45, 7) is 2.43. The fourth-order valence-electron chi connectivity index (χ4n) is 3.68. The fourth-order valence-corrected chi connectivity index (χ4v) is 4.15. The van der Waals surface area contributed by atoms with E-state index in [1.807, 2.05) is 17.8 Å². The third-order valence-corrected chi connectivity index (χ3v) is 5.43. The summed E-state index contributed by atoms with van der Waals surface area (Å²) in [5.41, 5.74) is -0.722. The van der Waals surface area contributed by atoms with Gasteiger partial charge in [0.25, 0.3) is 0 Å². The molecule has 3 rings (SSSR count). The maximum Gasteiger partial charge on any atom is 0.331 e. The molecule has 1 aliphatic carbocycles. The lowest BCUT2D eigenvalue weighted by Crippen LogP contribution is -2.54. The van der Waals surface area contributed by atoms with Crippen LogP contribution in [0, 0.1) is 0 Å². The minimum Gasteiger partial charge on any atom is -0.467 e. The lowest BCUT2D eigenvalue weighted by atomic mass is 9.74. The van der Waals surface area contributed by atoms with Crippen molar-refractivity contribution < 1.29 is 19.0 Å². The van der Waals surface area contributed by atoms with Gasteiger partial charge in [0, 0.05) is 26.3 Å². The second-order valence-corrected chi connectivity index (χ2v) is 7.38. The van der Waals surface area contributed by atoms with Gasteiger partial charge in [0.1, 0.15) is 22.6 Å². The van der Waals surface area contributed by atoms with Crippen molar-refractivity contribution >= 4 is 21.9 Å². The number of hydrogen-bond acceptors (Lipinski definition) is 6. The molecule has 2 aliphatic rings. The lowest BCUT2D eigenvalue weighted by Gasteiger charge is -2.47. The van der Waals surface area contributed by atoms with Crippen LogP contribution in [0.15, 0.2) is 10.8 Å². The molecule has 1 spiro atoms. The van der Waals surface area contributed by atoms with Crippen LogP contribution in [0.4, 0.5) is 0 Å². The number of halogens is 1. The highest BCUT2D eigenvalue weighted by Crippen LogP contribution is 2.45. The largest absolute Gasteiger partial charge is 0.467 e. The van der Waals surface area contributed by atoms with Crippen molar-refractivity contribution in [1.29, 1.82) is 0 Å². The molecule has 134 valence electrons. The van der Waals surface area contributed by atoms with Crippen LogP contribution in [0.5, 0.6) is 0 Å². The zero-order chi connectivity index (χ0) is 17.2. The lowest BCUT2D eigenvalue weighted by molar-refractivity contribution is -0.172. The first-order valence-electron chi connectivity index (χ1n) is 8.23. The van der Waals surface area contributed by atoms with E-state index in [9.17, 15) is 4.79 Å². The molecule has 1 N–H and O–H groups in total. The minimum absolute atomic E-state index is 0.0763. The topological polar surface area (TPSA) is 74.6 Å². The average Bonchev–Trinajstić information content (AvgIpc) is 2.94. The Kier molecular flexibility index (Phi) is 5.29. The molecule has 1 saturated carbocycles. The van der Waals surface area contributed by atoms with Gasteiger partial charge in [0.15, 0.2) is 0 Å². The summed E-state index contributed by atoms with van der Waals surface area (Å²) in [5.74, 6) is 0.454. The Morgan fingerprint density at radius 1 is 1.46 bits per heavy atom. The molecule has 0 bridgehead atoms. The summed E-state index contributed by atoms with van der Waals surface area (Å²) in [6, 6.07) is 0. The van der Waals surface area contributed by atoms with E-state index in [2.05, 4.69) is 26.2 Å². The highest BCUT2D eigenvalue weighted by molar-refractivity contribution is 9.10. The number of carbonyl (C=O) groups excluding carboxylic acids is 1. The first kappa shape index (κ1) is 17.8. The first-order valence-corrected chi connectivity index (χ1v) is 9.03. The molecule has 0 atom stereocenters. The van der Waals surface area contributed by atoms with Crippen LogP contribution in [0.1, 0.15) is 31.5 Å². The van der Waals surface area contributed by atoms with E-state index in [1.165, 1.54) is 7.11 Å². The van der Waals surface area contributed by atoms with Gasteiger partial charge < -0.3 is 24.1 Å². The summed E-state index contributed by atoms with van der Waals surface area (Å²) >= 11 is 3.42. The SMILES string of the molecule is COC(=O)COC1(c2nc(Br)cn2C)CCC2(CC1)CNCCO2. The molecule has 1 aliphatic heterocycles. The van der Waals surface area contributed by atoms with Crippen LogP contribution in [-0.2, 0) is 31.7 Å². The number of aryl methyl sites for hydroxylation is 1. The maximum absolute atomic E-state index is 11.6. The van der Waals surface area contributed by atoms with Crippen molar-refractivity contribution in [3.63, 3.8) is 0 Å². The molecule has 1 aromatic rings. The summed E-state index contributed by atoms with van der Waals surface area (Å²) < 4.78 is 19.6. The predicted octanol–water partition coefficient (Wildman–Crippen LogP) is 1.50. The van der Waals surface area contributed by atoms with Gasteiger partial charge >= 0.3 is 5.97 Å². The second kappa shape index (κ2) is 7.11. The van der Waals surface area contributed by atoms with E-state index in [0.717, 1.165) is 55.8 Å². The Labute approximate surface area is 150 Å². The summed E-state index contributed by atoms with van der Waals surface area (Å²) in [5, 5.41) is 3.42. The van der Waals surface area contributed by atoms with Crippen molar-refractivity contribution in [1.82, 2.24) is 14.9 Å². The molecule has 0 unspecified atom stereocenters. The number of aromatic nitrogens is 2. The van der Waals surface area contributed by atoms with Crippen LogP contribution in [0.3, 0.4) is 0 Å². The van der Waals surface area contributed by atoms with E-state index in [0.29, 0.717) is 0 Å². The molecule has 1 saturated heterocycles. The van der Waals surface area contributed by atoms with Gasteiger partial charge in [-0.3, -0.25) is 0 Å². The van der Waals surface area contributed by atoms with E-state index in [4.69, 9.17) is 14.2 Å². The smallest absolute Gasteiger partial charge is 0.331 e. The van der Waals surface area contributed by atoms with Crippen LogP contribution < -0.4 is 5.32 Å². The van der Waals surface area contributed by atoms with Gasteiger partial charge in [-0.25, -0.2) is 9.78 Å². The monoisotopic (exact) mass is 401 g/mol. The highest BCUT2D eigenvalue weighted by atomic mass is 79.9. The molecule has 2 heterocycles. The molecule has 0 aromatic carbocycles. The average molecular weight is 402 g/mol. The number of esters is 1. The minimum atomic E-state index is -0.596. The molecule has 8 heteroatoms. The van der Waals surface area contributed by atoms with Crippen molar-refractivity contribution in [2.45, 2.75) is 36.9 Å². The van der Waals surface area contributed by atoms with Gasteiger partial charge in [-0.2, -0.15) is 0 Å². The second-order valence-electron chi connectivity index (χ2n) is 6.57. The Morgan fingerprint density at radius 2 is 2.21 bits per heavy atom. The fraction of sp³-hybridized carbons (Fsp3) is 0.750.